The first-order valence-corrected chi connectivity index (χ1v) is 7.47. The average Bonchev–Trinajstić information content (AvgIpc) is 2.38. The molecule has 2 rings (SSSR count). The molecule has 0 spiro atoms. The summed E-state index contributed by atoms with van der Waals surface area (Å²) in [6.45, 7) is 9.25. The van der Waals surface area contributed by atoms with Crippen LogP contribution in [0.5, 0.6) is 0 Å². The normalized spacial score (nSPS) is 17.3. The molecule has 1 aliphatic heterocycles. The van der Waals surface area contributed by atoms with Gasteiger partial charge in [0.2, 0.25) is 0 Å². The first kappa shape index (κ1) is 13.6. The van der Waals surface area contributed by atoms with E-state index in [1.807, 2.05) is 0 Å². The molecule has 0 radical (unpaired) electrons. The fourth-order valence-electron chi connectivity index (χ4n) is 2.85. The Kier molecular flexibility index (Phi) is 4.82. The van der Waals surface area contributed by atoms with E-state index < -0.39 is 0 Å². The molecule has 0 atom stereocenters. The predicted octanol–water partition coefficient (Wildman–Crippen LogP) is 4.05. The zero-order valence-corrected chi connectivity index (χ0v) is 12.1. The smallest absolute Gasteiger partial charge is 0.00463 e. The highest BCUT2D eigenvalue weighted by molar-refractivity contribution is 5.32. The van der Waals surface area contributed by atoms with Crippen LogP contribution in [0.25, 0.3) is 0 Å². The molecule has 0 aliphatic carbocycles. The predicted molar refractivity (Wildman–Crippen MR) is 79.2 cm³/mol. The van der Waals surface area contributed by atoms with Crippen molar-refractivity contribution in [2.75, 3.05) is 13.1 Å². The molecule has 1 aliphatic rings. The van der Waals surface area contributed by atoms with Crippen LogP contribution in [0, 0.1) is 12.8 Å². The van der Waals surface area contributed by atoms with Gasteiger partial charge in [-0.1, -0.05) is 32.0 Å². The van der Waals surface area contributed by atoms with Gasteiger partial charge in [0.05, 0.1) is 0 Å². The van der Waals surface area contributed by atoms with Gasteiger partial charge in [-0.05, 0) is 74.2 Å². The Labute approximate surface area is 112 Å². The van der Waals surface area contributed by atoms with E-state index in [2.05, 4.69) is 44.3 Å². The average molecular weight is 245 g/mol. The molecule has 1 nitrogen and oxygen atoms in total. The van der Waals surface area contributed by atoms with Gasteiger partial charge in [0.15, 0.2) is 0 Å². The van der Waals surface area contributed by atoms with Crippen molar-refractivity contribution in [3.63, 3.8) is 0 Å². The summed E-state index contributed by atoms with van der Waals surface area (Å²) in [5.74, 6) is 1.58. The minimum atomic E-state index is 0.642. The Bertz CT molecular complexity index is 375. The Morgan fingerprint density at radius 3 is 2.61 bits per heavy atom. The molecule has 100 valence electrons. The van der Waals surface area contributed by atoms with Crippen LogP contribution >= 0.6 is 0 Å². The Morgan fingerprint density at radius 1 is 1.22 bits per heavy atom. The maximum absolute atomic E-state index is 3.45. The molecule has 1 heterocycles. The van der Waals surface area contributed by atoms with Crippen LogP contribution in [0.1, 0.15) is 55.7 Å². The summed E-state index contributed by atoms with van der Waals surface area (Å²) in [7, 11) is 0. The van der Waals surface area contributed by atoms with Crippen LogP contribution in [-0.4, -0.2) is 13.1 Å². The van der Waals surface area contributed by atoms with Gasteiger partial charge < -0.3 is 5.32 Å². The molecule has 18 heavy (non-hydrogen) atoms. The Morgan fingerprint density at radius 2 is 1.94 bits per heavy atom. The summed E-state index contributed by atoms with van der Waals surface area (Å²) in [5.41, 5.74) is 4.52. The van der Waals surface area contributed by atoms with Crippen molar-refractivity contribution in [3.05, 3.63) is 34.9 Å². The minimum absolute atomic E-state index is 0.642. The highest BCUT2D eigenvalue weighted by atomic mass is 14.9. The Hall–Kier alpha value is -0.820. The zero-order chi connectivity index (χ0) is 13.0. The molecule has 1 N–H and O–H groups in total. The van der Waals surface area contributed by atoms with E-state index in [0.29, 0.717) is 5.92 Å². The van der Waals surface area contributed by atoms with Crippen molar-refractivity contribution < 1.29 is 0 Å². The lowest BCUT2D eigenvalue weighted by molar-refractivity contribution is 0.354. The van der Waals surface area contributed by atoms with E-state index in [1.165, 1.54) is 49.9 Å². The van der Waals surface area contributed by atoms with E-state index in [-0.39, 0.29) is 0 Å². The molecule has 1 heteroatoms. The molecule has 0 unspecified atom stereocenters. The quantitative estimate of drug-likeness (QED) is 0.844. The third-order valence-electron chi connectivity index (χ3n) is 4.32. The van der Waals surface area contributed by atoms with E-state index in [4.69, 9.17) is 0 Å². The van der Waals surface area contributed by atoms with Gasteiger partial charge in [-0.25, -0.2) is 0 Å². The topological polar surface area (TPSA) is 12.0 Å². The van der Waals surface area contributed by atoms with Crippen LogP contribution in [0.4, 0.5) is 0 Å². The second-order valence-electron chi connectivity index (χ2n) is 6.07. The van der Waals surface area contributed by atoms with Crippen molar-refractivity contribution in [2.45, 2.75) is 52.4 Å². The van der Waals surface area contributed by atoms with Crippen molar-refractivity contribution in [3.8, 4) is 0 Å². The second kappa shape index (κ2) is 6.38. The van der Waals surface area contributed by atoms with Gasteiger partial charge >= 0.3 is 0 Å². The fourth-order valence-corrected chi connectivity index (χ4v) is 2.85. The van der Waals surface area contributed by atoms with E-state index in [1.54, 1.807) is 5.56 Å². The number of rotatable bonds is 4. The van der Waals surface area contributed by atoms with Crippen LogP contribution in [0.2, 0.25) is 0 Å². The SMILES string of the molecule is Cc1ccc(C(C)C)cc1CCC1CCNCC1. The lowest BCUT2D eigenvalue weighted by Crippen LogP contribution is -2.27. The molecule has 0 bridgehead atoms. The van der Waals surface area contributed by atoms with Gasteiger partial charge in [0, 0.05) is 0 Å². The van der Waals surface area contributed by atoms with Crippen molar-refractivity contribution in [1.82, 2.24) is 5.32 Å². The summed E-state index contributed by atoms with van der Waals surface area (Å²) in [4.78, 5) is 0. The number of aryl methyl sites for hydroxylation is 2. The van der Waals surface area contributed by atoms with Gasteiger partial charge in [0.25, 0.3) is 0 Å². The van der Waals surface area contributed by atoms with Gasteiger partial charge in [-0.3, -0.25) is 0 Å². The highest BCUT2D eigenvalue weighted by Crippen LogP contribution is 2.23. The molecular formula is C17H27N. The number of nitrogens with one attached hydrogen (secondary N) is 1. The third-order valence-corrected chi connectivity index (χ3v) is 4.32. The lowest BCUT2D eigenvalue weighted by atomic mass is 9.89. The Balaban J connectivity index is 1.97. The first-order chi connectivity index (χ1) is 8.66. The van der Waals surface area contributed by atoms with Crippen LogP contribution < -0.4 is 5.32 Å². The summed E-state index contributed by atoms with van der Waals surface area (Å²) in [6.07, 6.45) is 5.35. The zero-order valence-electron chi connectivity index (χ0n) is 12.1. The number of hydrogen-bond donors (Lipinski definition) is 1. The molecule has 0 saturated carbocycles. The summed E-state index contributed by atoms with van der Waals surface area (Å²) >= 11 is 0. The number of hydrogen-bond acceptors (Lipinski definition) is 1. The molecule has 1 fully saturated rings. The van der Waals surface area contributed by atoms with E-state index in [0.717, 1.165) is 5.92 Å². The minimum Gasteiger partial charge on any atom is -0.317 e. The van der Waals surface area contributed by atoms with Crippen LogP contribution in [-0.2, 0) is 6.42 Å². The van der Waals surface area contributed by atoms with Gasteiger partial charge in [-0.2, -0.15) is 0 Å². The maximum Gasteiger partial charge on any atom is -0.00463 e. The highest BCUT2D eigenvalue weighted by Gasteiger charge is 2.13. The first-order valence-electron chi connectivity index (χ1n) is 7.47. The monoisotopic (exact) mass is 245 g/mol. The van der Waals surface area contributed by atoms with Gasteiger partial charge in [-0.15, -0.1) is 0 Å². The van der Waals surface area contributed by atoms with Gasteiger partial charge in [0.1, 0.15) is 0 Å². The largest absolute Gasteiger partial charge is 0.317 e. The van der Waals surface area contributed by atoms with Crippen molar-refractivity contribution in [2.24, 2.45) is 5.92 Å². The third kappa shape index (κ3) is 3.58. The molecule has 1 saturated heterocycles. The lowest BCUT2D eigenvalue weighted by Gasteiger charge is -2.23. The fraction of sp³-hybridized carbons (Fsp3) is 0.647. The molecule has 1 aromatic carbocycles. The van der Waals surface area contributed by atoms with Crippen LogP contribution in [0.3, 0.4) is 0 Å². The summed E-state index contributed by atoms with van der Waals surface area (Å²) in [5, 5.41) is 3.45. The summed E-state index contributed by atoms with van der Waals surface area (Å²) < 4.78 is 0. The molecular weight excluding hydrogens is 218 g/mol. The second-order valence-corrected chi connectivity index (χ2v) is 6.07. The van der Waals surface area contributed by atoms with Crippen LogP contribution in [0.15, 0.2) is 18.2 Å². The standard InChI is InChI=1S/C17H27N/c1-13(2)16-6-4-14(3)17(12-16)7-5-15-8-10-18-11-9-15/h4,6,12-13,15,18H,5,7-11H2,1-3H3. The van der Waals surface area contributed by atoms with E-state index in [9.17, 15) is 0 Å². The number of benzene rings is 1. The molecule has 1 aromatic rings. The van der Waals surface area contributed by atoms with Crippen molar-refractivity contribution >= 4 is 0 Å². The molecule has 0 aromatic heterocycles. The maximum atomic E-state index is 3.45. The summed E-state index contributed by atoms with van der Waals surface area (Å²) in [6, 6.07) is 7.02. The van der Waals surface area contributed by atoms with E-state index >= 15 is 0 Å². The number of piperidine rings is 1. The van der Waals surface area contributed by atoms with Crippen molar-refractivity contribution in [1.29, 1.82) is 0 Å². The molecule has 0 amide bonds.